The lowest BCUT2D eigenvalue weighted by Crippen LogP contribution is -2.06. The van der Waals surface area contributed by atoms with Gasteiger partial charge in [-0.25, -0.2) is 9.97 Å². The predicted octanol–water partition coefficient (Wildman–Crippen LogP) is 2.65. The van der Waals surface area contributed by atoms with E-state index in [4.69, 9.17) is 0 Å². The number of nitrogens with zero attached hydrogens (tertiary/aromatic N) is 2. The molecule has 3 rings (SSSR count). The first-order valence-corrected chi connectivity index (χ1v) is 6.23. The zero-order chi connectivity index (χ0) is 11.1. The largest absolute Gasteiger partial charge is 0.357 e. The highest BCUT2D eigenvalue weighted by Gasteiger charge is 2.20. The van der Waals surface area contributed by atoms with E-state index in [0.29, 0.717) is 5.95 Å². The molecule has 0 spiro atoms. The van der Waals surface area contributed by atoms with Crippen LogP contribution in [0.3, 0.4) is 0 Å². The van der Waals surface area contributed by atoms with Crippen LogP contribution in [0.5, 0.6) is 0 Å². The zero-order valence-electron chi connectivity index (χ0n) is 9.37. The third kappa shape index (κ3) is 1.41. The van der Waals surface area contributed by atoms with Gasteiger partial charge in [0.05, 0.1) is 5.69 Å². The molecule has 2 heterocycles. The second-order valence-corrected chi connectivity index (χ2v) is 5.35. The molecule has 1 aliphatic carbocycles. The van der Waals surface area contributed by atoms with Crippen molar-refractivity contribution in [2.24, 2.45) is 0 Å². The van der Waals surface area contributed by atoms with Crippen LogP contribution in [-0.2, 0) is 12.8 Å². The summed E-state index contributed by atoms with van der Waals surface area (Å²) < 4.78 is 0. The lowest BCUT2D eigenvalue weighted by molar-refractivity contribution is 0.929. The SMILES string of the molecule is CNc1ncc2c(n1)-c1cc(C)sc1CC2. The van der Waals surface area contributed by atoms with Gasteiger partial charge >= 0.3 is 0 Å². The van der Waals surface area contributed by atoms with E-state index < -0.39 is 0 Å². The molecule has 0 aliphatic heterocycles. The highest BCUT2D eigenvalue weighted by Crippen LogP contribution is 2.37. The van der Waals surface area contributed by atoms with Crippen LogP contribution in [0, 0.1) is 6.92 Å². The van der Waals surface area contributed by atoms with Gasteiger partial charge in [-0.05, 0) is 31.4 Å². The molecular weight excluding hydrogens is 218 g/mol. The number of aromatic nitrogens is 2. The molecule has 2 aromatic rings. The molecule has 0 bridgehead atoms. The fraction of sp³-hybridized carbons (Fsp3) is 0.333. The molecule has 0 aromatic carbocycles. The van der Waals surface area contributed by atoms with E-state index in [1.54, 1.807) is 0 Å². The van der Waals surface area contributed by atoms with Crippen molar-refractivity contribution in [2.75, 3.05) is 12.4 Å². The van der Waals surface area contributed by atoms with E-state index in [-0.39, 0.29) is 0 Å². The normalized spacial score (nSPS) is 13.1. The Balaban J connectivity index is 2.21. The first kappa shape index (κ1) is 9.78. The Morgan fingerprint density at radius 3 is 3.06 bits per heavy atom. The van der Waals surface area contributed by atoms with Crippen molar-refractivity contribution < 1.29 is 0 Å². The summed E-state index contributed by atoms with van der Waals surface area (Å²) in [4.78, 5) is 11.7. The number of hydrogen-bond acceptors (Lipinski definition) is 4. The number of aryl methyl sites for hydroxylation is 3. The van der Waals surface area contributed by atoms with Crippen molar-refractivity contribution in [1.29, 1.82) is 0 Å². The van der Waals surface area contributed by atoms with E-state index in [9.17, 15) is 0 Å². The summed E-state index contributed by atoms with van der Waals surface area (Å²) in [6.07, 6.45) is 4.14. The Bertz CT molecular complexity index is 545. The lowest BCUT2D eigenvalue weighted by Gasteiger charge is -2.15. The molecule has 1 N–H and O–H groups in total. The van der Waals surface area contributed by atoms with Gasteiger partial charge in [-0.2, -0.15) is 0 Å². The minimum atomic E-state index is 0.704. The van der Waals surface area contributed by atoms with Crippen molar-refractivity contribution in [3.63, 3.8) is 0 Å². The summed E-state index contributed by atoms with van der Waals surface area (Å²) >= 11 is 1.89. The van der Waals surface area contributed by atoms with Crippen molar-refractivity contribution in [1.82, 2.24) is 9.97 Å². The van der Waals surface area contributed by atoms with Crippen LogP contribution in [-0.4, -0.2) is 17.0 Å². The summed E-state index contributed by atoms with van der Waals surface area (Å²) in [7, 11) is 1.85. The van der Waals surface area contributed by atoms with E-state index in [1.165, 1.54) is 20.9 Å². The van der Waals surface area contributed by atoms with Crippen LogP contribution in [0.25, 0.3) is 11.3 Å². The molecule has 0 saturated carbocycles. The maximum Gasteiger partial charge on any atom is 0.222 e. The van der Waals surface area contributed by atoms with Crippen molar-refractivity contribution in [2.45, 2.75) is 19.8 Å². The maximum absolute atomic E-state index is 4.57. The number of nitrogens with one attached hydrogen (secondary N) is 1. The van der Waals surface area contributed by atoms with Crippen LogP contribution in [0.15, 0.2) is 12.3 Å². The van der Waals surface area contributed by atoms with Gasteiger partial charge in [0.1, 0.15) is 0 Å². The van der Waals surface area contributed by atoms with E-state index in [0.717, 1.165) is 18.5 Å². The highest BCUT2D eigenvalue weighted by atomic mass is 32.1. The Morgan fingerprint density at radius 1 is 1.38 bits per heavy atom. The van der Waals surface area contributed by atoms with E-state index >= 15 is 0 Å². The molecule has 0 saturated heterocycles. The Morgan fingerprint density at radius 2 is 2.25 bits per heavy atom. The smallest absolute Gasteiger partial charge is 0.222 e. The number of anilines is 1. The third-order valence-electron chi connectivity index (χ3n) is 2.90. The summed E-state index contributed by atoms with van der Waals surface area (Å²) in [6, 6.07) is 2.24. The summed E-state index contributed by atoms with van der Waals surface area (Å²) in [5, 5.41) is 3.00. The molecule has 0 unspecified atom stereocenters. The molecule has 3 nitrogen and oxygen atoms in total. The zero-order valence-corrected chi connectivity index (χ0v) is 10.2. The third-order valence-corrected chi connectivity index (χ3v) is 4.01. The van der Waals surface area contributed by atoms with E-state index in [1.807, 2.05) is 24.6 Å². The lowest BCUT2D eigenvalue weighted by atomic mass is 9.96. The van der Waals surface area contributed by atoms with E-state index in [2.05, 4.69) is 28.3 Å². The quantitative estimate of drug-likeness (QED) is 0.820. The Labute approximate surface area is 98.6 Å². The fourth-order valence-corrected chi connectivity index (χ4v) is 3.18. The van der Waals surface area contributed by atoms with Gasteiger partial charge in [0, 0.05) is 28.6 Å². The maximum atomic E-state index is 4.57. The molecule has 0 fully saturated rings. The first-order valence-electron chi connectivity index (χ1n) is 5.41. The Hall–Kier alpha value is -1.42. The molecule has 0 radical (unpaired) electrons. The average molecular weight is 231 g/mol. The van der Waals surface area contributed by atoms with Crippen LogP contribution in [0.2, 0.25) is 0 Å². The van der Waals surface area contributed by atoms with Crippen LogP contribution >= 0.6 is 11.3 Å². The molecule has 0 amide bonds. The monoisotopic (exact) mass is 231 g/mol. The van der Waals surface area contributed by atoms with Crippen molar-refractivity contribution >= 4 is 17.3 Å². The molecule has 0 atom stereocenters. The van der Waals surface area contributed by atoms with Gasteiger partial charge in [-0.1, -0.05) is 0 Å². The topological polar surface area (TPSA) is 37.8 Å². The minimum Gasteiger partial charge on any atom is -0.357 e. The van der Waals surface area contributed by atoms with Crippen LogP contribution < -0.4 is 5.32 Å². The first-order chi connectivity index (χ1) is 7.78. The molecule has 4 heteroatoms. The van der Waals surface area contributed by atoms with Crippen molar-refractivity contribution in [3.05, 3.63) is 27.6 Å². The average Bonchev–Trinajstić information content (AvgIpc) is 2.69. The molecule has 1 aliphatic rings. The summed E-state index contributed by atoms with van der Waals surface area (Å²) in [5.41, 5.74) is 3.69. The van der Waals surface area contributed by atoms with Gasteiger partial charge in [0.25, 0.3) is 0 Å². The van der Waals surface area contributed by atoms with Gasteiger partial charge in [0.15, 0.2) is 0 Å². The van der Waals surface area contributed by atoms with Gasteiger partial charge < -0.3 is 5.32 Å². The molecule has 2 aromatic heterocycles. The highest BCUT2D eigenvalue weighted by molar-refractivity contribution is 7.12. The number of hydrogen-bond donors (Lipinski definition) is 1. The second kappa shape index (κ2) is 3.56. The van der Waals surface area contributed by atoms with Crippen molar-refractivity contribution in [3.8, 4) is 11.3 Å². The second-order valence-electron chi connectivity index (χ2n) is 4.01. The minimum absolute atomic E-state index is 0.704. The fourth-order valence-electron chi connectivity index (χ4n) is 2.14. The molecular formula is C12H13N3S. The number of rotatable bonds is 1. The molecule has 82 valence electrons. The Kier molecular flexibility index (Phi) is 2.17. The van der Waals surface area contributed by atoms with Crippen LogP contribution in [0.1, 0.15) is 15.3 Å². The van der Waals surface area contributed by atoms with Gasteiger partial charge in [-0.3, -0.25) is 0 Å². The standard InChI is InChI=1S/C12H13N3S/c1-7-5-9-10(16-7)4-3-8-6-14-12(13-2)15-11(8)9/h5-6H,3-4H2,1-2H3,(H,13,14,15). The summed E-state index contributed by atoms with van der Waals surface area (Å²) in [6.45, 7) is 2.16. The predicted molar refractivity (Wildman–Crippen MR) is 67.0 cm³/mol. The van der Waals surface area contributed by atoms with Gasteiger partial charge in [-0.15, -0.1) is 11.3 Å². The summed E-state index contributed by atoms with van der Waals surface area (Å²) in [5.74, 6) is 0.704. The number of fused-ring (bicyclic) bond motifs is 3. The number of thiophene rings is 1. The molecule has 16 heavy (non-hydrogen) atoms. The van der Waals surface area contributed by atoms with Gasteiger partial charge in [0.2, 0.25) is 5.95 Å². The van der Waals surface area contributed by atoms with Crippen LogP contribution in [0.4, 0.5) is 5.95 Å².